The second-order valence-corrected chi connectivity index (χ2v) is 8.53. The highest BCUT2D eigenvalue weighted by Gasteiger charge is 2.12. The van der Waals surface area contributed by atoms with Crippen LogP contribution < -0.4 is 10.2 Å². The summed E-state index contributed by atoms with van der Waals surface area (Å²) in [6.45, 7) is -0.0192. The van der Waals surface area contributed by atoms with Crippen LogP contribution in [0.25, 0.3) is 11.4 Å². The van der Waals surface area contributed by atoms with E-state index in [9.17, 15) is 4.79 Å². The molecule has 0 unspecified atom stereocenters. The number of amides is 1. The van der Waals surface area contributed by atoms with Crippen molar-refractivity contribution in [3.63, 3.8) is 0 Å². The zero-order valence-corrected chi connectivity index (χ0v) is 20.3. The largest absolute Gasteiger partial charge is 0.479 e. The molecular weight excluding hydrogens is 634 g/mol. The number of hydrogen-bond acceptors (Lipinski definition) is 6. The molecule has 1 aromatic heterocycles. The summed E-state index contributed by atoms with van der Waals surface area (Å²) in [5.74, 6) is 2.96. The number of carbonyl (C=O) groups is 1. The molecule has 152 valence electrons. The van der Waals surface area contributed by atoms with Gasteiger partial charge in [-0.05, 0) is 74.7 Å². The van der Waals surface area contributed by atoms with Crippen LogP contribution in [0, 0.1) is 19.5 Å². The minimum atomic E-state index is -0.416. The minimum absolute atomic E-state index is 0.134. The van der Waals surface area contributed by atoms with Crippen LogP contribution in [0.5, 0.6) is 5.75 Å². The molecule has 0 aliphatic rings. The Hall–Kier alpha value is -2.24. The van der Waals surface area contributed by atoms with Crippen LogP contribution in [0.4, 0.5) is 0 Å². The van der Waals surface area contributed by atoms with Gasteiger partial charge in [-0.25, -0.2) is 5.43 Å². The van der Waals surface area contributed by atoms with Gasteiger partial charge in [0.1, 0.15) is 18.9 Å². The fourth-order valence-electron chi connectivity index (χ4n) is 2.34. The molecule has 0 saturated carbocycles. The Labute approximate surface area is 204 Å². The van der Waals surface area contributed by atoms with Gasteiger partial charge in [-0.1, -0.05) is 29.7 Å². The first-order chi connectivity index (χ1) is 14.5. The van der Waals surface area contributed by atoms with Crippen molar-refractivity contribution < 1.29 is 9.53 Å². The molecule has 3 rings (SSSR count). The number of terminal acetylenes is 1. The third-order valence-electron chi connectivity index (χ3n) is 3.58. The summed E-state index contributed by atoms with van der Waals surface area (Å²) < 4.78 is 7.47. The van der Waals surface area contributed by atoms with E-state index in [1.807, 2.05) is 18.2 Å². The Kier molecular flexibility index (Phi) is 8.00. The van der Waals surface area contributed by atoms with Crippen LogP contribution in [-0.4, -0.2) is 38.9 Å². The molecule has 1 N–H and O–H groups in total. The monoisotopic (exact) mass is 646 g/mol. The quantitative estimate of drug-likeness (QED) is 0.184. The van der Waals surface area contributed by atoms with E-state index in [0.717, 1.165) is 7.14 Å². The third kappa shape index (κ3) is 5.89. The maximum Gasteiger partial charge on any atom is 0.263 e. The maximum absolute atomic E-state index is 12.2. The van der Waals surface area contributed by atoms with Gasteiger partial charge < -0.3 is 4.74 Å². The van der Waals surface area contributed by atoms with Crippen LogP contribution >= 0.6 is 56.8 Å². The van der Waals surface area contributed by atoms with Crippen molar-refractivity contribution in [2.24, 2.45) is 5.10 Å². The van der Waals surface area contributed by atoms with E-state index in [2.05, 4.69) is 77.0 Å². The maximum atomic E-state index is 12.2. The number of nitrogens with one attached hydrogen (secondary N) is 1. The summed E-state index contributed by atoms with van der Waals surface area (Å²) in [7, 11) is 0. The molecule has 2 aromatic carbocycles. The van der Waals surface area contributed by atoms with Crippen LogP contribution in [0.15, 0.2) is 41.5 Å². The van der Waals surface area contributed by atoms with Crippen molar-refractivity contribution in [3.05, 3.63) is 54.1 Å². The molecule has 0 atom stereocenters. The van der Waals surface area contributed by atoms with Gasteiger partial charge in [-0.2, -0.15) is 9.90 Å². The lowest BCUT2D eigenvalue weighted by Crippen LogP contribution is -2.24. The minimum Gasteiger partial charge on any atom is -0.479 e. The van der Waals surface area contributed by atoms with Gasteiger partial charge in [0, 0.05) is 14.7 Å². The molecule has 0 aliphatic carbocycles. The van der Waals surface area contributed by atoms with E-state index in [-0.39, 0.29) is 13.2 Å². The molecule has 1 heterocycles. The number of carbonyl (C=O) groups excluding carboxylic acids is 1. The second kappa shape index (κ2) is 10.7. The number of tetrazole rings is 1. The van der Waals surface area contributed by atoms with E-state index >= 15 is 0 Å². The summed E-state index contributed by atoms with van der Waals surface area (Å²) in [4.78, 5) is 13.3. The Morgan fingerprint density at radius 3 is 2.93 bits per heavy atom. The predicted octanol–water partition coefficient (Wildman–Crippen LogP) is 3.37. The standard InChI is InChI=1S/C19H13ClI2N6O2/c1-2-7-30-18-12(8-13(21)9-16(18)22)10-23-24-17(29)11-28-26-19(25-27-28)14-5-3-4-6-15(14)20/h1,3-6,8-10H,7,11H2,(H,24,29)/b23-10-. The van der Waals surface area contributed by atoms with Crippen LogP contribution in [0.2, 0.25) is 5.02 Å². The first kappa shape index (κ1) is 22.4. The lowest BCUT2D eigenvalue weighted by molar-refractivity contribution is -0.122. The van der Waals surface area contributed by atoms with Gasteiger partial charge in [0.05, 0.1) is 14.8 Å². The number of ether oxygens (including phenoxy) is 1. The van der Waals surface area contributed by atoms with Crippen molar-refractivity contribution in [1.82, 2.24) is 25.6 Å². The van der Waals surface area contributed by atoms with Crippen molar-refractivity contribution in [1.29, 1.82) is 0 Å². The molecule has 0 bridgehead atoms. The lowest BCUT2D eigenvalue weighted by atomic mass is 10.2. The molecule has 3 aromatic rings. The predicted molar refractivity (Wildman–Crippen MR) is 130 cm³/mol. The van der Waals surface area contributed by atoms with Crippen LogP contribution in [0.1, 0.15) is 5.56 Å². The van der Waals surface area contributed by atoms with Crippen LogP contribution in [0.3, 0.4) is 0 Å². The molecular formula is C19H13ClI2N6O2. The molecule has 30 heavy (non-hydrogen) atoms. The van der Waals surface area contributed by atoms with Gasteiger partial charge in [0.15, 0.2) is 0 Å². The fourth-order valence-corrected chi connectivity index (χ4v) is 4.61. The molecule has 1 amide bonds. The van der Waals surface area contributed by atoms with Gasteiger partial charge in [0.2, 0.25) is 5.82 Å². The molecule has 0 radical (unpaired) electrons. The number of hydrazone groups is 1. The zero-order valence-electron chi connectivity index (χ0n) is 15.2. The van der Waals surface area contributed by atoms with E-state index in [4.69, 9.17) is 22.8 Å². The SMILES string of the molecule is C#CCOc1c(I)cc(I)cc1/C=N\NC(=O)Cn1nnc(-c2ccccc2Cl)n1. The second-order valence-electron chi connectivity index (χ2n) is 5.72. The van der Waals surface area contributed by atoms with Gasteiger partial charge >= 0.3 is 0 Å². The Bertz CT molecular complexity index is 1140. The van der Waals surface area contributed by atoms with Crippen molar-refractivity contribution in [3.8, 4) is 29.5 Å². The summed E-state index contributed by atoms with van der Waals surface area (Å²) in [6.07, 6.45) is 6.77. The fraction of sp³-hybridized carbons (Fsp3) is 0.105. The van der Waals surface area contributed by atoms with Crippen LogP contribution in [-0.2, 0) is 11.3 Å². The highest BCUT2D eigenvalue weighted by Crippen LogP contribution is 2.27. The summed E-state index contributed by atoms with van der Waals surface area (Å²) in [5.41, 5.74) is 3.77. The van der Waals surface area contributed by atoms with Gasteiger partial charge in [-0.3, -0.25) is 4.79 Å². The van der Waals surface area contributed by atoms with E-state index in [0.29, 0.717) is 27.7 Å². The first-order valence-electron chi connectivity index (χ1n) is 8.38. The summed E-state index contributed by atoms with van der Waals surface area (Å²) in [6, 6.07) is 11.0. The lowest BCUT2D eigenvalue weighted by Gasteiger charge is -2.09. The van der Waals surface area contributed by atoms with Gasteiger partial charge in [0.25, 0.3) is 5.91 Å². The number of nitrogens with zero attached hydrogens (tertiary/aromatic N) is 5. The van der Waals surface area contributed by atoms with Gasteiger partial charge in [-0.15, -0.1) is 16.6 Å². The first-order valence-corrected chi connectivity index (χ1v) is 10.9. The third-order valence-corrected chi connectivity index (χ3v) is 5.34. The molecule has 0 fully saturated rings. The Balaban J connectivity index is 1.65. The molecule has 11 heteroatoms. The smallest absolute Gasteiger partial charge is 0.263 e. The normalized spacial score (nSPS) is 10.7. The average Bonchev–Trinajstić information content (AvgIpc) is 3.15. The molecule has 0 saturated heterocycles. The highest BCUT2D eigenvalue weighted by atomic mass is 127. The number of rotatable bonds is 7. The highest BCUT2D eigenvalue weighted by molar-refractivity contribution is 14.1. The van der Waals surface area contributed by atoms with E-state index < -0.39 is 5.91 Å². The number of aromatic nitrogens is 4. The van der Waals surface area contributed by atoms with E-state index in [1.54, 1.807) is 18.2 Å². The Morgan fingerprint density at radius 2 is 2.17 bits per heavy atom. The zero-order chi connectivity index (χ0) is 21.5. The molecule has 8 nitrogen and oxygen atoms in total. The van der Waals surface area contributed by atoms with E-state index in [1.165, 1.54) is 11.0 Å². The Morgan fingerprint density at radius 1 is 1.37 bits per heavy atom. The summed E-state index contributed by atoms with van der Waals surface area (Å²) in [5, 5.41) is 16.5. The topological polar surface area (TPSA) is 94.3 Å². The number of benzene rings is 2. The molecule has 0 spiro atoms. The summed E-state index contributed by atoms with van der Waals surface area (Å²) >= 11 is 10.5. The van der Waals surface area contributed by atoms with Crippen molar-refractivity contribution in [2.45, 2.75) is 6.54 Å². The van der Waals surface area contributed by atoms with Crippen molar-refractivity contribution >= 4 is 68.9 Å². The average molecular weight is 647 g/mol. The number of halogens is 3. The van der Waals surface area contributed by atoms with Crippen molar-refractivity contribution in [2.75, 3.05) is 6.61 Å². The number of hydrogen-bond donors (Lipinski definition) is 1. The molecule has 0 aliphatic heterocycles.